The molecule has 314 valence electrons. The first-order valence-electron chi connectivity index (χ1n) is 22.3. The largest absolute Gasteiger partial charge is 0.468 e. The predicted molar refractivity (Wildman–Crippen MR) is 208 cm³/mol. The normalized spacial score (nSPS) is 52.6. The number of methoxy groups -OCH3 is 1. The van der Waals surface area contributed by atoms with Gasteiger partial charge in [0.2, 0.25) is 0 Å². The molecule has 0 unspecified atom stereocenters. The highest BCUT2D eigenvalue weighted by Gasteiger charge is 2.83. The zero-order valence-corrected chi connectivity index (χ0v) is 34.3. The van der Waals surface area contributed by atoms with Crippen LogP contribution in [0.3, 0.4) is 0 Å². The van der Waals surface area contributed by atoms with Gasteiger partial charge in [0.15, 0.2) is 12.8 Å². The third-order valence-electron chi connectivity index (χ3n) is 19.9. The molecule has 58 heavy (non-hydrogen) atoms. The van der Waals surface area contributed by atoms with Gasteiger partial charge >= 0.3 is 17.9 Å². The van der Waals surface area contributed by atoms with Gasteiger partial charge in [-0.2, -0.15) is 0 Å². The van der Waals surface area contributed by atoms with Crippen molar-refractivity contribution in [2.75, 3.05) is 32.2 Å². The molecule has 0 aromatic heterocycles. The second-order valence-corrected chi connectivity index (χ2v) is 20.9. The number of benzene rings is 1. The number of hydrogen-bond donors (Lipinski definition) is 4. The van der Waals surface area contributed by atoms with E-state index in [2.05, 4.69) is 44.0 Å². The maximum Gasteiger partial charge on any atom is 0.362 e. The van der Waals surface area contributed by atoms with Gasteiger partial charge in [0, 0.05) is 55.3 Å². The van der Waals surface area contributed by atoms with Crippen LogP contribution < -0.4 is 4.90 Å². The standard InChI is InChI=1S/C46H61N2O10/c1-5-26-27-19-33-38-44(31-8-6-7-9-32(31)47(38)3)21-34(37(27)39(44)51)48(33,40(26)52)22-36(50)58-25-10-16-45(41(53)56-4)29-11-14-42(2)28(24-18-35(49)57-23-24)13-17-46(42,55)30(29)12-15-43(45,54)20-25/h6-9,18,25-30,33-34,37-40,51-52,54-55H,5,10-17,19-23H2,1-4H3/q+1/t25-,26-,27+,28+,29-,30+,33-,34-,37-,38-,39+,40+,42+,43-,44+,45+,46-,48+/m0/s1. The van der Waals surface area contributed by atoms with Crippen molar-refractivity contribution in [1.29, 1.82) is 0 Å². The van der Waals surface area contributed by atoms with Crippen LogP contribution in [0.5, 0.6) is 0 Å². The average molecular weight is 802 g/mol. The number of hydrogen-bond acceptors (Lipinski definition) is 11. The molecule has 5 saturated carbocycles. The molecule has 12 heteroatoms. The van der Waals surface area contributed by atoms with Crippen LogP contribution in [0.2, 0.25) is 0 Å². The summed E-state index contributed by atoms with van der Waals surface area (Å²) >= 11 is 0. The van der Waals surface area contributed by atoms with E-state index in [0.717, 1.165) is 30.5 Å². The van der Waals surface area contributed by atoms with Crippen molar-refractivity contribution < 1.29 is 53.5 Å². The van der Waals surface area contributed by atoms with E-state index in [1.165, 1.54) is 12.7 Å². The molecular weight excluding hydrogens is 741 g/mol. The quantitative estimate of drug-likeness (QED) is 0.189. The van der Waals surface area contributed by atoms with Crippen LogP contribution in [0.15, 0.2) is 35.9 Å². The van der Waals surface area contributed by atoms with Gasteiger partial charge in [-0.25, -0.2) is 9.59 Å². The molecule has 12 rings (SSSR count). The Bertz CT molecular complexity index is 2010. The Hall–Kier alpha value is -3.03. The number of ether oxygens (including phenoxy) is 3. The lowest BCUT2D eigenvalue weighted by atomic mass is 9.41. The summed E-state index contributed by atoms with van der Waals surface area (Å²) in [6.45, 7) is 4.49. The number of aliphatic hydroxyl groups excluding tert-OH is 2. The summed E-state index contributed by atoms with van der Waals surface area (Å²) in [7, 11) is 3.48. The number of cyclic esters (lactones) is 1. The van der Waals surface area contributed by atoms with Crippen LogP contribution in [0.4, 0.5) is 5.69 Å². The third-order valence-corrected chi connectivity index (χ3v) is 19.9. The summed E-state index contributed by atoms with van der Waals surface area (Å²) in [6.07, 6.45) is 6.02. The van der Waals surface area contributed by atoms with E-state index < -0.39 is 57.8 Å². The minimum atomic E-state index is -1.50. The summed E-state index contributed by atoms with van der Waals surface area (Å²) in [5.41, 5.74) is -1.55. The van der Waals surface area contributed by atoms with Crippen molar-refractivity contribution in [2.45, 2.75) is 144 Å². The summed E-state index contributed by atoms with van der Waals surface area (Å²) in [5.74, 6) is -1.64. The van der Waals surface area contributed by atoms with E-state index in [0.29, 0.717) is 38.5 Å². The number of piperidine rings is 4. The van der Waals surface area contributed by atoms with Crippen molar-refractivity contribution in [3.8, 4) is 0 Å². The first-order chi connectivity index (χ1) is 27.7. The lowest BCUT2D eigenvalue weighted by molar-refractivity contribution is -1.03. The average Bonchev–Trinajstić information content (AvgIpc) is 3.89. The fourth-order valence-corrected chi connectivity index (χ4v) is 17.9. The number of fused-ring (bicyclic) bond motifs is 7. The fraction of sp³-hybridized carbons (Fsp3) is 0.761. The van der Waals surface area contributed by atoms with E-state index in [1.807, 2.05) is 6.07 Å². The van der Waals surface area contributed by atoms with Gasteiger partial charge in [0.05, 0.1) is 47.3 Å². The van der Waals surface area contributed by atoms with Gasteiger partial charge in [-0.1, -0.05) is 32.0 Å². The molecule has 6 aliphatic heterocycles. The van der Waals surface area contributed by atoms with E-state index in [9.17, 15) is 34.8 Å². The first-order valence-corrected chi connectivity index (χ1v) is 22.3. The lowest BCUT2D eigenvalue weighted by Gasteiger charge is -2.67. The molecule has 5 bridgehead atoms. The highest BCUT2D eigenvalue weighted by molar-refractivity contribution is 5.85. The van der Waals surface area contributed by atoms with Gasteiger partial charge < -0.3 is 39.5 Å². The van der Waals surface area contributed by atoms with Crippen molar-refractivity contribution in [3.05, 3.63) is 41.5 Å². The van der Waals surface area contributed by atoms with Crippen LogP contribution in [-0.2, 0) is 34.0 Å². The maximum atomic E-state index is 14.6. The zero-order chi connectivity index (χ0) is 40.5. The number of quaternary nitrogens is 1. The molecule has 18 atom stereocenters. The number of likely N-dealkylation sites (N-methyl/N-ethyl adjacent to an activating group) is 1. The molecule has 9 fully saturated rings. The van der Waals surface area contributed by atoms with E-state index in [1.54, 1.807) is 6.08 Å². The summed E-state index contributed by atoms with van der Waals surface area (Å²) in [5, 5.41) is 50.6. The molecule has 5 aliphatic carbocycles. The Morgan fingerprint density at radius 3 is 2.52 bits per heavy atom. The molecule has 0 radical (unpaired) electrons. The SMILES string of the molecule is CC[C@H]1[C@H]2C[C@H]3[C@@H]4N(C)c5ccccc5[C@]45C[C@@H]([C@H]2[C@H]5O)[N@+]3(CC(=O)O[C@H]2CC[C@]3(C(=O)OC)[C@H]4CC[C@]5(C)[C@@H](C6=CC(=O)OC6)CC[C@]5(O)[C@@H]4CC[C@]3(O)C2)[C@@H]1O. The Balaban J connectivity index is 0.871. The molecule has 4 saturated heterocycles. The summed E-state index contributed by atoms with van der Waals surface area (Å²) in [6, 6.07) is 8.21. The molecule has 0 amide bonds. The Labute approximate surface area is 340 Å². The predicted octanol–water partition coefficient (Wildman–Crippen LogP) is 3.51. The fourth-order valence-electron chi connectivity index (χ4n) is 17.9. The minimum Gasteiger partial charge on any atom is -0.468 e. The van der Waals surface area contributed by atoms with E-state index in [4.69, 9.17) is 14.2 Å². The second-order valence-electron chi connectivity index (χ2n) is 20.9. The summed E-state index contributed by atoms with van der Waals surface area (Å²) in [4.78, 5) is 43.2. The first kappa shape index (κ1) is 37.9. The molecule has 12 nitrogen and oxygen atoms in total. The van der Waals surface area contributed by atoms with Crippen LogP contribution in [0.25, 0.3) is 0 Å². The van der Waals surface area contributed by atoms with Crippen molar-refractivity contribution >= 4 is 23.6 Å². The van der Waals surface area contributed by atoms with Crippen LogP contribution >= 0.6 is 0 Å². The highest BCUT2D eigenvalue weighted by Crippen LogP contribution is 2.73. The van der Waals surface area contributed by atoms with E-state index in [-0.39, 0.29) is 96.5 Å². The number of carbonyl (C=O) groups is 3. The van der Waals surface area contributed by atoms with Gasteiger partial charge in [-0.15, -0.1) is 0 Å². The number of aliphatic hydroxyl groups is 4. The monoisotopic (exact) mass is 801 g/mol. The van der Waals surface area contributed by atoms with Gasteiger partial charge in [0.1, 0.15) is 18.8 Å². The molecular formula is C46H61N2O10+. The van der Waals surface area contributed by atoms with Crippen LogP contribution in [-0.4, -0.2) is 118 Å². The molecule has 1 spiro atoms. The topological polar surface area (TPSA) is 163 Å². The number of para-hydroxylation sites is 1. The number of rotatable bonds is 6. The molecule has 4 N–H and O–H groups in total. The smallest absolute Gasteiger partial charge is 0.362 e. The molecule has 11 aliphatic rings. The van der Waals surface area contributed by atoms with Crippen molar-refractivity contribution in [3.63, 3.8) is 0 Å². The Morgan fingerprint density at radius 2 is 1.78 bits per heavy atom. The maximum absolute atomic E-state index is 14.6. The van der Waals surface area contributed by atoms with Crippen molar-refractivity contribution in [2.24, 2.45) is 46.3 Å². The highest BCUT2D eigenvalue weighted by atomic mass is 16.6. The van der Waals surface area contributed by atoms with Crippen molar-refractivity contribution in [1.82, 2.24) is 0 Å². The van der Waals surface area contributed by atoms with E-state index >= 15 is 0 Å². The number of nitrogens with zero attached hydrogens (tertiary/aromatic N) is 2. The Kier molecular flexibility index (Phi) is 7.90. The molecule has 1 aromatic rings. The van der Waals surface area contributed by atoms with Crippen LogP contribution in [0, 0.1) is 46.3 Å². The number of esters is 3. The second kappa shape index (κ2) is 12.1. The Morgan fingerprint density at radius 1 is 1.00 bits per heavy atom. The molecule has 1 aromatic carbocycles. The zero-order valence-electron chi connectivity index (χ0n) is 34.3. The summed E-state index contributed by atoms with van der Waals surface area (Å²) < 4.78 is 17.5. The van der Waals surface area contributed by atoms with Gasteiger partial charge in [-0.3, -0.25) is 9.28 Å². The number of carbonyl (C=O) groups excluding carboxylic acids is 3. The number of anilines is 1. The molecule has 6 heterocycles. The lowest BCUT2D eigenvalue weighted by Crippen LogP contribution is -2.83. The van der Waals surface area contributed by atoms with Crippen LogP contribution in [0.1, 0.15) is 96.5 Å². The third kappa shape index (κ3) is 4.14. The minimum absolute atomic E-state index is 0.00132. The van der Waals surface area contributed by atoms with Gasteiger partial charge in [-0.05, 0) is 98.7 Å². The van der Waals surface area contributed by atoms with Gasteiger partial charge in [0.25, 0.3) is 0 Å².